The Bertz CT molecular complexity index is 1500. The molecule has 166 valence electrons. The molecule has 2 aromatic carbocycles. The van der Waals surface area contributed by atoms with Crippen molar-refractivity contribution in [2.24, 2.45) is 0 Å². The number of hydrogen-bond donors (Lipinski definition) is 1. The van der Waals surface area contributed by atoms with Gasteiger partial charge in [0.25, 0.3) is 0 Å². The second-order valence-corrected chi connectivity index (χ2v) is 8.67. The van der Waals surface area contributed by atoms with Gasteiger partial charge in [-0.2, -0.15) is 5.26 Å². The van der Waals surface area contributed by atoms with Crippen molar-refractivity contribution in [3.05, 3.63) is 95.9 Å². The van der Waals surface area contributed by atoms with Crippen LogP contribution in [-0.4, -0.2) is 39.5 Å². The van der Waals surface area contributed by atoms with Crippen LogP contribution in [0, 0.1) is 11.3 Å². The van der Waals surface area contributed by atoms with Crippen LogP contribution >= 0.6 is 0 Å². The third-order valence-corrected chi connectivity index (χ3v) is 6.46. The summed E-state index contributed by atoms with van der Waals surface area (Å²) in [4.78, 5) is 14.5. The van der Waals surface area contributed by atoms with Gasteiger partial charge in [-0.25, -0.2) is 9.97 Å². The van der Waals surface area contributed by atoms with Gasteiger partial charge in [0.15, 0.2) is 0 Å². The summed E-state index contributed by atoms with van der Waals surface area (Å²) in [7, 11) is 0. The highest BCUT2D eigenvalue weighted by molar-refractivity contribution is 6.06. The Labute approximate surface area is 197 Å². The van der Waals surface area contributed by atoms with E-state index in [0.717, 1.165) is 59.3 Å². The number of aromatic nitrogens is 3. The van der Waals surface area contributed by atoms with E-state index in [1.165, 1.54) is 11.1 Å². The highest BCUT2D eigenvalue weighted by Gasteiger charge is 2.22. The second kappa shape index (κ2) is 8.71. The number of benzene rings is 2. The van der Waals surface area contributed by atoms with Crippen molar-refractivity contribution in [2.75, 3.05) is 19.7 Å². The van der Waals surface area contributed by atoms with Crippen LogP contribution in [0.3, 0.4) is 0 Å². The minimum atomic E-state index is 0.0673. The molecule has 34 heavy (non-hydrogen) atoms. The average Bonchev–Trinajstić information content (AvgIpc) is 3.26. The molecule has 6 nitrogen and oxygen atoms in total. The van der Waals surface area contributed by atoms with E-state index in [9.17, 15) is 5.26 Å². The minimum absolute atomic E-state index is 0.0673. The quantitative estimate of drug-likeness (QED) is 0.410. The summed E-state index contributed by atoms with van der Waals surface area (Å²) in [5.41, 5.74) is 6.72. The Balaban J connectivity index is 1.24. The van der Waals surface area contributed by atoms with Crippen molar-refractivity contribution in [3.8, 4) is 17.2 Å². The molecule has 1 saturated heterocycles. The molecule has 0 aliphatic carbocycles. The van der Waals surface area contributed by atoms with Crippen molar-refractivity contribution in [1.29, 1.82) is 5.26 Å². The number of nitriles is 1. The molecule has 0 spiro atoms. The fourth-order valence-electron chi connectivity index (χ4n) is 4.67. The molecule has 0 amide bonds. The summed E-state index contributed by atoms with van der Waals surface area (Å²) < 4.78 is 6.10. The molecule has 4 heterocycles. The summed E-state index contributed by atoms with van der Waals surface area (Å²) in [5.74, 6) is 0. The summed E-state index contributed by atoms with van der Waals surface area (Å²) in [6.07, 6.45) is 3.64. The van der Waals surface area contributed by atoms with Gasteiger partial charge in [-0.3, -0.25) is 4.90 Å². The molecule has 1 aliphatic heterocycles. The lowest BCUT2D eigenvalue weighted by Gasteiger charge is -2.33. The lowest BCUT2D eigenvalue weighted by molar-refractivity contribution is -0.0329. The van der Waals surface area contributed by atoms with Crippen LogP contribution in [0.1, 0.15) is 22.9 Å². The van der Waals surface area contributed by atoms with E-state index >= 15 is 0 Å². The predicted molar refractivity (Wildman–Crippen MR) is 132 cm³/mol. The molecule has 1 atom stereocenters. The molecule has 1 N–H and O–H groups in total. The molecule has 6 heteroatoms. The molecule has 5 aromatic rings. The fourth-order valence-corrected chi connectivity index (χ4v) is 4.67. The van der Waals surface area contributed by atoms with Crippen LogP contribution in [0.15, 0.2) is 79.1 Å². The lowest BCUT2D eigenvalue weighted by Crippen LogP contribution is -2.37. The van der Waals surface area contributed by atoms with Gasteiger partial charge < -0.3 is 9.72 Å². The van der Waals surface area contributed by atoms with Gasteiger partial charge in [0.2, 0.25) is 0 Å². The highest BCUT2D eigenvalue weighted by Crippen LogP contribution is 2.30. The van der Waals surface area contributed by atoms with Crippen molar-refractivity contribution in [3.63, 3.8) is 0 Å². The third kappa shape index (κ3) is 3.92. The molecule has 3 aromatic heterocycles. The van der Waals surface area contributed by atoms with Crippen molar-refractivity contribution < 1.29 is 4.74 Å². The SMILES string of the molecule is N#Cc1cc2c(cn1)[nH]c1ncc(-c3ccc(C4CN(Cc5ccccc5)CCO4)cc3)cc12. The Kier molecular flexibility index (Phi) is 5.27. The first-order valence-electron chi connectivity index (χ1n) is 11.4. The monoisotopic (exact) mass is 445 g/mol. The van der Waals surface area contributed by atoms with Crippen LogP contribution in [0.4, 0.5) is 0 Å². The van der Waals surface area contributed by atoms with E-state index in [1.54, 1.807) is 6.20 Å². The van der Waals surface area contributed by atoms with E-state index in [1.807, 2.05) is 12.3 Å². The van der Waals surface area contributed by atoms with Gasteiger partial charge in [-0.05, 0) is 28.8 Å². The molecule has 0 radical (unpaired) electrons. The summed E-state index contributed by atoms with van der Waals surface area (Å²) >= 11 is 0. The van der Waals surface area contributed by atoms with Crippen LogP contribution in [0.25, 0.3) is 33.1 Å². The molecule has 1 fully saturated rings. The summed E-state index contributed by atoms with van der Waals surface area (Å²) in [6.45, 7) is 3.51. The zero-order chi connectivity index (χ0) is 22.9. The van der Waals surface area contributed by atoms with Crippen molar-refractivity contribution >= 4 is 21.9 Å². The number of nitrogens with zero attached hydrogens (tertiary/aromatic N) is 4. The van der Waals surface area contributed by atoms with Crippen LogP contribution < -0.4 is 0 Å². The molecule has 1 unspecified atom stereocenters. The van der Waals surface area contributed by atoms with Gasteiger partial charge in [-0.15, -0.1) is 0 Å². The van der Waals surface area contributed by atoms with Crippen LogP contribution in [0.2, 0.25) is 0 Å². The lowest BCUT2D eigenvalue weighted by atomic mass is 10.0. The number of aromatic amines is 1. The molecule has 0 saturated carbocycles. The van der Waals surface area contributed by atoms with Crippen LogP contribution in [0.5, 0.6) is 0 Å². The standard InChI is InChI=1S/C28H23N5O/c29-14-23-13-24-25-12-22(15-31-28(25)32-26(24)16-30-23)20-6-8-21(9-7-20)27-18-33(10-11-34-27)17-19-4-2-1-3-5-19/h1-9,12-13,15-16,27H,10-11,17-18H2,(H,31,32). The number of fused-ring (bicyclic) bond motifs is 3. The van der Waals surface area contributed by atoms with Crippen LogP contribution in [-0.2, 0) is 11.3 Å². The summed E-state index contributed by atoms with van der Waals surface area (Å²) in [5, 5.41) is 11.2. The smallest absolute Gasteiger partial charge is 0.141 e. The third-order valence-electron chi connectivity index (χ3n) is 6.46. The first kappa shape index (κ1) is 20.5. The topological polar surface area (TPSA) is 77.8 Å². The second-order valence-electron chi connectivity index (χ2n) is 8.67. The maximum Gasteiger partial charge on any atom is 0.141 e. The number of pyridine rings is 2. The minimum Gasteiger partial charge on any atom is -0.371 e. The Morgan fingerprint density at radius 3 is 2.65 bits per heavy atom. The molecular weight excluding hydrogens is 422 g/mol. The maximum absolute atomic E-state index is 9.21. The Hall–Kier alpha value is -4.05. The maximum atomic E-state index is 9.21. The van der Waals surface area contributed by atoms with E-state index < -0.39 is 0 Å². The van der Waals surface area contributed by atoms with Crippen molar-refractivity contribution in [1.82, 2.24) is 19.9 Å². The van der Waals surface area contributed by atoms with Crippen molar-refractivity contribution in [2.45, 2.75) is 12.6 Å². The first-order valence-corrected chi connectivity index (χ1v) is 11.4. The van der Waals surface area contributed by atoms with Gasteiger partial charge in [0, 0.05) is 42.2 Å². The number of ether oxygens (including phenoxy) is 1. The normalized spacial score (nSPS) is 16.6. The number of rotatable bonds is 4. The number of H-pyrrole nitrogens is 1. The Morgan fingerprint density at radius 1 is 0.971 bits per heavy atom. The molecule has 6 rings (SSSR count). The largest absolute Gasteiger partial charge is 0.371 e. The zero-order valence-electron chi connectivity index (χ0n) is 18.6. The Morgan fingerprint density at radius 2 is 1.82 bits per heavy atom. The first-order chi connectivity index (χ1) is 16.8. The molecule has 0 bridgehead atoms. The molecule has 1 aliphatic rings. The predicted octanol–water partition coefficient (Wildman–Crippen LogP) is 5.22. The fraction of sp³-hybridized carbons (Fsp3) is 0.179. The van der Waals surface area contributed by atoms with Gasteiger partial charge in [-0.1, -0.05) is 54.6 Å². The van der Waals surface area contributed by atoms with E-state index in [-0.39, 0.29) is 6.10 Å². The van der Waals surface area contributed by atoms with Gasteiger partial charge >= 0.3 is 0 Å². The number of hydrogen-bond acceptors (Lipinski definition) is 5. The zero-order valence-corrected chi connectivity index (χ0v) is 18.6. The number of morpholine rings is 1. The van der Waals surface area contributed by atoms with E-state index in [4.69, 9.17) is 4.74 Å². The van der Waals surface area contributed by atoms with E-state index in [0.29, 0.717) is 5.69 Å². The molecular formula is C28H23N5O. The number of nitrogens with one attached hydrogen (secondary N) is 1. The van der Waals surface area contributed by atoms with E-state index in [2.05, 4.69) is 86.6 Å². The highest BCUT2D eigenvalue weighted by atomic mass is 16.5. The van der Waals surface area contributed by atoms with Gasteiger partial charge in [0.1, 0.15) is 17.4 Å². The average molecular weight is 446 g/mol. The summed E-state index contributed by atoms with van der Waals surface area (Å²) in [6, 6.07) is 25.2. The van der Waals surface area contributed by atoms with Gasteiger partial charge in [0.05, 0.1) is 24.4 Å².